The summed E-state index contributed by atoms with van der Waals surface area (Å²) in [6.45, 7) is 13.4. The Morgan fingerprint density at radius 2 is 1.86 bits per heavy atom. The van der Waals surface area contributed by atoms with Gasteiger partial charge in [-0.05, 0) is 75.2 Å². The number of hydrogen-bond acceptors (Lipinski definition) is 4. The standard InChI is InChI=1S/C28H36BN3O3/c1-17(2)13-23(33)32-16-28(11-12-28)15-22(32)25-30-21-10-7-18-14-19(8-9-20(18)24(21)31-25)29-34-26(3,4)27(5,6)35-29/h7-10,14,17,22H,11-13,15-16H2,1-6H3,(H,30,31)/t22-/m0/s1. The van der Waals surface area contributed by atoms with Crippen LogP contribution in [0, 0.1) is 11.3 Å². The number of aromatic amines is 1. The molecule has 1 N–H and O–H groups in total. The second-order valence-electron chi connectivity index (χ2n) is 12.5. The van der Waals surface area contributed by atoms with Gasteiger partial charge < -0.3 is 19.2 Å². The van der Waals surface area contributed by atoms with Gasteiger partial charge in [-0.1, -0.05) is 38.1 Å². The van der Waals surface area contributed by atoms with Crippen molar-refractivity contribution in [3.63, 3.8) is 0 Å². The number of carbonyl (C=O) groups is 1. The van der Waals surface area contributed by atoms with E-state index in [0.717, 1.165) is 46.1 Å². The van der Waals surface area contributed by atoms with Crippen LogP contribution in [0.1, 0.15) is 79.1 Å². The molecule has 6 rings (SSSR count). The largest absolute Gasteiger partial charge is 0.494 e. The van der Waals surface area contributed by atoms with Gasteiger partial charge in [0, 0.05) is 18.4 Å². The number of nitrogens with one attached hydrogen (secondary N) is 1. The highest BCUT2D eigenvalue weighted by Crippen LogP contribution is 2.58. The van der Waals surface area contributed by atoms with Gasteiger partial charge in [-0.25, -0.2) is 4.98 Å². The second-order valence-corrected chi connectivity index (χ2v) is 12.5. The molecule has 1 aromatic heterocycles. The lowest BCUT2D eigenvalue weighted by Gasteiger charge is -2.32. The van der Waals surface area contributed by atoms with Crippen LogP contribution in [-0.4, -0.2) is 45.6 Å². The van der Waals surface area contributed by atoms with E-state index in [1.165, 1.54) is 12.8 Å². The molecule has 0 radical (unpaired) electrons. The molecular formula is C28H36BN3O3. The molecule has 35 heavy (non-hydrogen) atoms. The first-order valence-corrected chi connectivity index (χ1v) is 13.0. The zero-order valence-corrected chi connectivity index (χ0v) is 21.8. The number of fused-ring (bicyclic) bond motifs is 3. The normalized spacial score (nSPS) is 24.4. The lowest BCUT2D eigenvalue weighted by atomic mass is 9.78. The number of amides is 1. The SMILES string of the molecule is CC(C)CC(=O)N1CC2(CC2)C[C@H]1c1nc2c(ccc3cc(B4OC(C)(C)C(C)(C)O4)ccc32)[nH]1. The molecule has 1 aliphatic carbocycles. The van der Waals surface area contributed by atoms with E-state index >= 15 is 0 Å². The van der Waals surface area contributed by atoms with Gasteiger partial charge >= 0.3 is 7.12 Å². The topological polar surface area (TPSA) is 67.5 Å². The number of benzene rings is 2. The Kier molecular flexibility index (Phi) is 4.98. The Labute approximate surface area is 207 Å². The summed E-state index contributed by atoms with van der Waals surface area (Å²) in [6.07, 6.45) is 4.05. The lowest BCUT2D eigenvalue weighted by Crippen LogP contribution is -2.41. The molecule has 3 heterocycles. The van der Waals surface area contributed by atoms with E-state index in [-0.39, 0.29) is 30.3 Å². The third-order valence-electron chi connectivity index (χ3n) is 8.72. The highest BCUT2D eigenvalue weighted by atomic mass is 16.7. The van der Waals surface area contributed by atoms with Crippen LogP contribution in [0.5, 0.6) is 0 Å². The number of carbonyl (C=O) groups excluding carboxylic acids is 1. The summed E-state index contributed by atoms with van der Waals surface area (Å²) in [4.78, 5) is 23.9. The highest BCUT2D eigenvalue weighted by Gasteiger charge is 2.54. The molecule has 0 bridgehead atoms. The summed E-state index contributed by atoms with van der Waals surface area (Å²) in [5.74, 6) is 1.53. The van der Waals surface area contributed by atoms with Crippen LogP contribution in [-0.2, 0) is 14.1 Å². The maximum absolute atomic E-state index is 13.1. The predicted molar refractivity (Wildman–Crippen MR) is 140 cm³/mol. The van der Waals surface area contributed by atoms with Crippen molar-refractivity contribution in [2.75, 3.05) is 6.54 Å². The van der Waals surface area contributed by atoms with E-state index in [1.807, 2.05) is 0 Å². The van der Waals surface area contributed by atoms with E-state index in [2.05, 4.69) is 81.8 Å². The maximum Gasteiger partial charge on any atom is 0.494 e. The average Bonchev–Trinajstić information content (AvgIpc) is 3.12. The molecule has 3 aliphatic rings. The molecule has 3 aromatic rings. The lowest BCUT2D eigenvalue weighted by molar-refractivity contribution is -0.133. The first kappa shape index (κ1) is 23.0. The molecule has 184 valence electrons. The smallest absolute Gasteiger partial charge is 0.399 e. The Bertz CT molecular complexity index is 1310. The minimum absolute atomic E-state index is 0.0372. The van der Waals surface area contributed by atoms with Crippen molar-refractivity contribution in [2.45, 2.75) is 84.5 Å². The van der Waals surface area contributed by atoms with Gasteiger partial charge in [0.25, 0.3) is 0 Å². The molecule has 1 amide bonds. The van der Waals surface area contributed by atoms with Crippen molar-refractivity contribution >= 4 is 40.3 Å². The van der Waals surface area contributed by atoms with Crippen LogP contribution >= 0.6 is 0 Å². The number of hydrogen-bond donors (Lipinski definition) is 1. The average molecular weight is 473 g/mol. The fourth-order valence-electron chi connectivity index (χ4n) is 5.69. The van der Waals surface area contributed by atoms with Crippen LogP contribution < -0.4 is 5.46 Å². The quantitative estimate of drug-likeness (QED) is 0.535. The van der Waals surface area contributed by atoms with Gasteiger partial charge in [0.05, 0.1) is 28.3 Å². The van der Waals surface area contributed by atoms with Crippen LogP contribution in [0.2, 0.25) is 0 Å². The highest BCUT2D eigenvalue weighted by molar-refractivity contribution is 6.62. The van der Waals surface area contributed by atoms with Gasteiger partial charge in [-0.15, -0.1) is 0 Å². The van der Waals surface area contributed by atoms with Crippen LogP contribution in [0.15, 0.2) is 30.3 Å². The number of nitrogens with zero attached hydrogens (tertiary/aromatic N) is 2. The number of rotatable bonds is 4. The molecule has 3 fully saturated rings. The van der Waals surface area contributed by atoms with Gasteiger partial charge in [0.2, 0.25) is 5.91 Å². The summed E-state index contributed by atoms with van der Waals surface area (Å²) >= 11 is 0. The van der Waals surface area contributed by atoms with Crippen molar-refractivity contribution in [1.29, 1.82) is 0 Å². The minimum Gasteiger partial charge on any atom is -0.399 e. The third kappa shape index (κ3) is 3.79. The Hall–Kier alpha value is -2.38. The first-order chi connectivity index (χ1) is 16.5. The summed E-state index contributed by atoms with van der Waals surface area (Å²) < 4.78 is 12.5. The van der Waals surface area contributed by atoms with Crippen LogP contribution in [0.4, 0.5) is 0 Å². The van der Waals surface area contributed by atoms with Crippen molar-refractivity contribution in [2.24, 2.45) is 11.3 Å². The van der Waals surface area contributed by atoms with Gasteiger partial charge in [-0.3, -0.25) is 4.79 Å². The molecule has 2 aliphatic heterocycles. The minimum atomic E-state index is -0.386. The van der Waals surface area contributed by atoms with E-state index in [1.54, 1.807) is 0 Å². The zero-order valence-electron chi connectivity index (χ0n) is 21.8. The monoisotopic (exact) mass is 473 g/mol. The number of H-pyrrole nitrogens is 1. The molecule has 6 nitrogen and oxygen atoms in total. The number of aromatic nitrogens is 2. The summed E-state index contributed by atoms with van der Waals surface area (Å²) in [7, 11) is -0.386. The number of likely N-dealkylation sites (tertiary alicyclic amines) is 1. The van der Waals surface area contributed by atoms with E-state index in [9.17, 15) is 4.79 Å². The van der Waals surface area contributed by atoms with Crippen molar-refractivity contribution < 1.29 is 14.1 Å². The Morgan fingerprint density at radius 1 is 1.14 bits per heavy atom. The molecule has 2 aromatic carbocycles. The Balaban J connectivity index is 1.34. The molecule has 1 spiro atoms. The molecule has 2 saturated heterocycles. The van der Waals surface area contributed by atoms with Crippen molar-refractivity contribution in [3.05, 3.63) is 36.2 Å². The van der Waals surface area contributed by atoms with Gasteiger partial charge in [0.1, 0.15) is 5.82 Å². The fraction of sp³-hybridized carbons (Fsp3) is 0.571. The maximum atomic E-state index is 13.1. The van der Waals surface area contributed by atoms with E-state index in [4.69, 9.17) is 14.3 Å². The predicted octanol–water partition coefficient (Wildman–Crippen LogP) is 5.12. The molecular weight excluding hydrogens is 437 g/mol. The molecule has 7 heteroatoms. The second kappa shape index (κ2) is 7.56. The molecule has 1 saturated carbocycles. The van der Waals surface area contributed by atoms with Crippen molar-refractivity contribution in [3.8, 4) is 0 Å². The Morgan fingerprint density at radius 3 is 2.51 bits per heavy atom. The van der Waals surface area contributed by atoms with E-state index < -0.39 is 0 Å². The van der Waals surface area contributed by atoms with Crippen LogP contribution in [0.25, 0.3) is 21.8 Å². The van der Waals surface area contributed by atoms with Crippen molar-refractivity contribution in [1.82, 2.24) is 14.9 Å². The van der Waals surface area contributed by atoms with Gasteiger partial charge in [0.15, 0.2) is 0 Å². The van der Waals surface area contributed by atoms with Crippen LogP contribution in [0.3, 0.4) is 0 Å². The summed E-state index contributed by atoms with van der Waals surface area (Å²) in [6, 6.07) is 10.6. The third-order valence-corrected chi connectivity index (χ3v) is 8.72. The van der Waals surface area contributed by atoms with E-state index in [0.29, 0.717) is 17.8 Å². The zero-order chi connectivity index (χ0) is 24.8. The van der Waals surface area contributed by atoms with Gasteiger partial charge in [-0.2, -0.15) is 0 Å². The molecule has 0 unspecified atom stereocenters. The summed E-state index contributed by atoms with van der Waals surface area (Å²) in [5, 5.41) is 2.21. The fourth-order valence-corrected chi connectivity index (χ4v) is 5.69. The molecule has 1 atom stereocenters. The number of imidazole rings is 1. The first-order valence-electron chi connectivity index (χ1n) is 13.0. The summed E-state index contributed by atoms with van der Waals surface area (Å²) in [5.41, 5.74) is 2.58.